The van der Waals surface area contributed by atoms with Gasteiger partial charge >= 0.3 is 17.9 Å². The third-order valence-electron chi connectivity index (χ3n) is 4.21. The third kappa shape index (κ3) is 4.22. The molecule has 0 amide bonds. The topological polar surface area (TPSA) is 131 Å². The number of aliphatic hydroxyl groups excluding tert-OH is 2. The van der Waals surface area contributed by atoms with E-state index in [1.54, 1.807) is 0 Å². The van der Waals surface area contributed by atoms with E-state index in [0.717, 1.165) is 0 Å². The van der Waals surface area contributed by atoms with Crippen LogP contribution in [0.15, 0.2) is 0 Å². The Morgan fingerprint density at radius 1 is 0.750 bits per heavy atom. The van der Waals surface area contributed by atoms with Gasteiger partial charge in [-0.1, -0.05) is 0 Å². The Morgan fingerprint density at radius 2 is 1.08 bits per heavy atom. The largest absolute Gasteiger partial charge is 0.457 e. The van der Waals surface area contributed by atoms with E-state index in [1.165, 1.54) is 20.8 Å². The Labute approximate surface area is 139 Å². The van der Waals surface area contributed by atoms with Gasteiger partial charge in [0.2, 0.25) is 0 Å². The monoisotopic (exact) mass is 345 g/mol. The average molecular weight is 345 g/mol. The van der Waals surface area contributed by atoms with Gasteiger partial charge in [-0.15, -0.1) is 0 Å². The zero-order valence-corrected chi connectivity index (χ0v) is 13.8. The number of aliphatic hydroxyl groups is 2. The van der Waals surface area contributed by atoms with Crippen LogP contribution < -0.4 is 5.32 Å². The SMILES string of the molecule is CC(=O)OC1[C@@H](OC(C)=O)[C@@H]2C[C@H](O)[C@H](O)C[C@@H](N2)[C@H]1OC(C)=O. The van der Waals surface area contributed by atoms with Crippen LogP contribution >= 0.6 is 0 Å². The summed E-state index contributed by atoms with van der Waals surface area (Å²) in [5.74, 6) is -1.81. The van der Waals surface area contributed by atoms with Crippen molar-refractivity contribution in [2.45, 2.75) is 76.2 Å². The summed E-state index contributed by atoms with van der Waals surface area (Å²) in [6.45, 7) is 3.62. The molecule has 0 aromatic heterocycles. The van der Waals surface area contributed by atoms with E-state index < -0.39 is 60.5 Å². The lowest BCUT2D eigenvalue weighted by Gasteiger charge is -2.44. The number of hydrogen-bond donors (Lipinski definition) is 3. The molecule has 0 aromatic rings. The highest BCUT2D eigenvalue weighted by atomic mass is 16.6. The molecule has 2 aliphatic rings. The maximum Gasteiger partial charge on any atom is 0.303 e. The smallest absolute Gasteiger partial charge is 0.303 e. The summed E-state index contributed by atoms with van der Waals surface area (Å²) in [4.78, 5) is 34.4. The molecule has 7 atom stereocenters. The summed E-state index contributed by atoms with van der Waals surface area (Å²) >= 11 is 0. The van der Waals surface area contributed by atoms with Gasteiger partial charge in [-0.3, -0.25) is 14.4 Å². The van der Waals surface area contributed by atoms with Crippen molar-refractivity contribution in [2.24, 2.45) is 0 Å². The minimum absolute atomic E-state index is 0.0974. The molecule has 1 unspecified atom stereocenters. The molecule has 24 heavy (non-hydrogen) atoms. The van der Waals surface area contributed by atoms with Gasteiger partial charge in [0, 0.05) is 20.8 Å². The normalized spacial score (nSPS) is 38.6. The molecule has 3 N–H and O–H groups in total. The molecule has 9 heteroatoms. The number of nitrogens with one attached hydrogen (secondary N) is 1. The maximum atomic E-state index is 11.5. The van der Waals surface area contributed by atoms with E-state index in [-0.39, 0.29) is 12.8 Å². The van der Waals surface area contributed by atoms with Crippen molar-refractivity contribution < 1.29 is 38.8 Å². The fraction of sp³-hybridized carbons (Fsp3) is 0.800. The second-order valence-electron chi connectivity index (χ2n) is 6.21. The molecule has 0 radical (unpaired) electrons. The molecule has 0 aromatic carbocycles. The first-order chi connectivity index (χ1) is 11.2. The Morgan fingerprint density at radius 3 is 1.42 bits per heavy atom. The van der Waals surface area contributed by atoms with E-state index in [1.807, 2.05) is 0 Å². The first-order valence-corrected chi connectivity index (χ1v) is 7.83. The van der Waals surface area contributed by atoms with Crippen LogP contribution in [0.3, 0.4) is 0 Å². The van der Waals surface area contributed by atoms with Crippen molar-refractivity contribution in [3.63, 3.8) is 0 Å². The lowest BCUT2D eigenvalue weighted by Crippen LogP contribution is -2.67. The highest BCUT2D eigenvalue weighted by Crippen LogP contribution is 2.32. The maximum absolute atomic E-state index is 11.5. The first kappa shape index (κ1) is 18.6. The van der Waals surface area contributed by atoms with Crippen LogP contribution in [0.1, 0.15) is 33.6 Å². The Kier molecular flexibility index (Phi) is 5.79. The third-order valence-corrected chi connectivity index (χ3v) is 4.21. The second-order valence-corrected chi connectivity index (χ2v) is 6.21. The van der Waals surface area contributed by atoms with Crippen molar-refractivity contribution in [3.05, 3.63) is 0 Å². The van der Waals surface area contributed by atoms with E-state index in [4.69, 9.17) is 14.2 Å². The van der Waals surface area contributed by atoms with Gasteiger partial charge in [-0.05, 0) is 12.8 Å². The van der Waals surface area contributed by atoms with Gasteiger partial charge in [0.25, 0.3) is 0 Å². The summed E-state index contributed by atoms with van der Waals surface area (Å²) in [5.41, 5.74) is 0. The summed E-state index contributed by atoms with van der Waals surface area (Å²) in [6, 6.07) is -1.11. The summed E-state index contributed by atoms with van der Waals surface area (Å²) < 4.78 is 15.8. The van der Waals surface area contributed by atoms with E-state index in [0.29, 0.717) is 0 Å². The van der Waals surface area contributed by atoms with E-state index in [9.17, 15) is 24.6 Å². The number of hydrogen-bond acceptors (Lipinski definition) is 9. The molecule has 2 saturated heterocycles. The predicted octanol–water partition coefficient (Wildman–Crippen LogP) is -1.36. The summed E-state index contributed by atoms with van der Waals surface area (Å²) in [6.07, 6.45) is -4.82. The van der Waals surface area contributed by atoms with Crippen LogP contribution in [-0.2, 0) is 28.6 Å². The molecule has 136 valence electrons. The molecule has 2 aliphatic heterocycles. The van der Waals surface area contributed by atoms with Gasteiger partial charge in [0.1, 0.15) is 0 Å². The van der Waals surface area contributed by atoms with Crippen LogP contribution in [-0.4, -0.2) is 70.7 Å². The molecule has 2 rings (SSSR count). The summed E-state index contributed by atoms with van der Waals surface area (Å²) in [5, 5.41) is 23.2. The van der Waals surface area contributed by atoms with Crippen molar-refractivity contribution in [1.82, 2.24) is 5.32 Å². The van der Waals surface area contributed by atoms with Gasteiger partial charge < -0.3 is 29.7 Å². The quantitative estimate of drug-likeness (QED) is 0.419. The minimum atomic E-state index is -1.04. The van der Waals surface area contributed by atoms with Crippen LogP contribution in [0, 0.1) is 0 Å². The first-order valence-electron chi connectivity index (χ1n) is 7.83. The number of ether oxygens (including phenoxy) is 3. The Bertz CT molecular complexity index is 474. The van der Waals surface area contributed by atoms with Crippen molar-refractivity contribution in [3.8, 4) is 0 Å². The molecule has 2 heterocycles. The molecular weight excluding hydrogens is 322 g/mol. The Hall–Kier alpha value is -1.71. The van der Waals surface area contributed by atoms with Gasteiger partial charge in [-0.25, -0.2) is 0 Å². The number of piperidine rings is 1. The molecule has 9 nitrogen and oxygen atoms in total. The molecule has 2 fully saturated rings. The minimum Gasteiger partial charge on any atom is -0.457 e. The van der Waals surface area contributed by atoms with Crippen LogP contribution in [0.5, 0.6) is 0 Å². The van der Waals surface area contributed by atoms with Crippen LogP contribution in [0.25, 0.3) is 0 Å². The average Bonchev–Trinajstić information content (AvgIpc) is 2.56. The Balaban J connectivity index is 2.39. The van der Waals surface area contributed by atoms with Gasteiger partial charge in [-0.2, -0.15) is 0 Å². The van der Waals surface area contributed by atoms with Crippen molar-refractivity contribution in [1.29, 1.82) is 0 Å². The molecular formula is C15H23NO8. The van der Waals surface area contributed by atoms with E-state index >= 15 is 0 Å². The molecule has 2 bridgehead atoms. The fourth-order valence-corrected chi connectivity index (χ4v) is 3.36. The van der Waals surface area contributed by atoms with Gasteiger partial charge in [0.05, 0.1) is 24.3 Å². The zero-order chi connectivity index (χ0) is 18.0. The van der Waals surface area contributed by atoms with E-state index in [2.05, 4.69) is 5.32 Å². The van der Waals surface area contributed by atoms with Crippen molar-refractivity contribution in [2.75, 3.05) is 0 Å². The molecule has 0 aliphatic carbocycles. The molecule has 0 spiro atoms. The number of fused-ring (bicyclic) bond motifs is 2. The zero-order valence-electron chi connectivity index (χ0n) is 13.8. The molecule has 0 saturated carbocycles. The number of carbonyl (C=O) groups is 3. The lowest BCUT2D eigenvalue weighted by atomic mass is 9.88. The lowest BCUT2D eigenvalue weighted by molar-refractivity contribution is -0.197. The highest BCUT2D eigenvalue weighted by molar-refractivity contribution is 5.68. The summed E-state index contributed by atoms with van der Waals surface area (Å²) in [7, 11) is 0. The number of esters is 3. The van der Waals surface area contributed by atoms with Crippen LogP contribution in [0.2, 0.25) is 0 Å². The second kappa shape index (κ2) is 7.45. The van der Waals surface area contributed by atoms with Gasteiger partial charge in [0.15, 0.2) is 18.3 Å². The standard InChI is InChI=1S/C15H23NO8/c1-6(17)22-13-9-4-11(20)12(21)5-10(16-9)14(23-7(2)18)15(13)24-8(3)19/h9-16,20-21H,4-5H2,1-3H3/t9-,10+,11-,12+,13-,14+,15?. The predicted molar refractivity (Wildman–Crippen MR) is 78.6 cm³/mol. The fourth-order valence-electron chi connectivity index (χ4n) is 3.36. The van der Waals surface area contributed by atoms with Crippen LogP contribution in [0.4, 0.5) is 0 Å². The number of carbonyl (C=O) groups excluding carboxylic acids is 3. The number of rotatable bonds is 3. The van der Waals surface area contributed by atoms with Crippen molar-refractivity contribution >= 4 is 17.9 Å². The highest BCUT2D eigenvalue weighted by Gasteiger charge is 2.53.